The summed E-state index contributed by atoms with van der Waals surface area (Å²) in [4.78, 5) is 13.8. The Bertz CT molecular complexity index is 418. The Labute approximate surface area is 124 Å². The van der Waals surface area contributed by atoms with Crippen LogP contribution in [0.2, 0.25) is 0 Å². The third kappa shape index (κ3) is 4.42. The van der Waals surface area contributed by atoms with Crippen molar-refractivity contribution >= 4 is 21.7 Å². The van der Waals surface area contributed by atoms with E-state index in [4.69, 9.17) is 4.98 Å². The molecule has 19 heavy (non-hydrogen) atoms. The maximum atomic E-state index is 4.74. The number of rotatable bonds is 7. The van der Waals surface area contributed by atoms with E-state index in [1.165, 1.54) is 12.8 Å². The fourth-order valence-electron chi connectivity index (χ4n) is 2.12. The Morgan fingerprint density at radius 1 is 1.26 bits per heavy atom. The summed E-state index contributed by atoms with van der Waals surface area (Å²) in [6, 6.07) is 2.03. The van der Waals surface area contributed by atoms with Crippen molar-refractivity contribution in [2.75, 3.05) is 38.6 Å². The zero-order chi connectivity index (χ0) is 13.8. The van der Waals surface area contributed by atoms with Crippen LogP contribution < -0.4 is 4.90 Å². The summed E-state index contributed by atoms with van der Waals surface area (Å²) in [5.41, 5.74) is 0. The van der Waals surface area contributed by atoms with E-state index in [-0.39, 0.29) is 0 Å². The molecule has 0 aliphatic heterocycles. The van der Waals surface area contributed by atoms with Gasteiger partial charge < -0.3 is 9.80 Å². The largest absolute Gasteiger partial charge is 0.357 e. The molecule has 0 amide bonds. The Kier molecular flexibility index (Phi) is 5.16. The fourth-order valence-corrected chi connectivity index (χ4v) is 2.51. The van der Waals surface area contributed by atoms with E-state index in [9.17, 15) is 0 Å². The van der Waals surface area contributed by atoms with Gasteiger partial charge in [-0.2, -0.15) is 0 Å². The molecule has 0 saturated heterocycles. The number of anilines is 1. The molecule has 0 N–H and O–H groups in total. The highest BCUT2D eigenvalue weighted by atomic mass is 79.9. The van der Waals surface area contributed by atoms with Crippen LogP contribution in [0, 0.1) is 0 Å². The van der Waals surface area contributed by atoms with Crippen molar-refractivity contribution in [2.24, 2.45) is 0 Å². The average molecular weight is 327 g/mol. The van der Waals surface area contributed by atoms with Crippen LogP contribution in [0.15, 0.2) is 10.7 Å². The van der Waals surface area contributed by atoms with Crippen molar-refractivity contribution in [2.45, 2.75) is 32.1 Å². The molecule has 5 heteroatoms. The predicted molar refractivity (Wildman–Crippen MR) is 82.8 cm³/mol. The van der Waals surface area contributed by atoms with Gasteiger partial charge in [0.15, 0.2) is 0 Å². The van der Waals surface area contributed by atoms with Gasteiger partial charge in [0.2, 0.25) is 0 Å². The molecule has 0 aromatic carbocycles. The molecule has 1 aromatic heterocycles. The minimum Gasteiger partial charge on any atom is -0.357 e. The molecule has 0 atom stereocenters. The highest BCUT2D eigenvalue weighted by Crippen LogP contribution is 2.39. The molecule has 0 bridgehead atoms. The summed E-state index contributed by atoms with van der Waals surface area (Å²) in [5, 5.41) is 0. The van der Waals surface area contributed by atoms with Crippen molar-refractivity contribution in [3.05, 3.63) is 16.5 Å². The SMILES string of the molecule is CCN(CCCN(C)C)c1cc(Br)nc(C2CC2)n1. The maximum absolute atomic E-state index is 4.74. The summed E-state index contributed by atoms with van der Waals surface area (Å²) in [7, 11) is 4.23. The van der Waals surface area contributed by atoms with Crippen LogP contribution >= 0.6 is 15.9 Å². The zero-order valence-electron chi connectivity index (χ0n) is 12.1. The van der Waals surface area contributed by atoms with E-state index in [2.05, 4.69) is 51.7 Å². The van der Waals surface area contributed by atoms with Crippen molar-refractivity contribution in [1.29, 1.82) is 0 Å². The molecule has 4 nitrogen and oxygen atoms in total. The monoisotopic (exact) mass is 326 g/mol. The first kappa shape index (κ1) is 14.7. The second kappa shape index (κ2) is 6.66. The topological polar surface area (TPSA) is 32.3 Å². The van der Waals surface area contributed by atoms with Gasteiger partial charge in [-0.25, -0.2) is 9.97 Å². The predicted octanol–water partition coefficient (Wildman–Crippen LogP) is 2.89. The van der Waals surface area contributed by atoms with Crippen LogP contribution in [0.25, 0.3) is 0 Å². The van der Waals surface area contributed by atoms with E-state index in [1.54, 1.807) is 0 Å². The van der Waals surface area contributed by atoms with E-state index < -0.39 is 0 Å². The molecule has 1 fully saturated rings. The third-order valence-electron chi connectivity index (χ3n) is 3.38. The van der Waals surface area contributed by atoms with E-state index in [1.807, 2.05) is 6.07 Å². The molecule has 0 radical (unpaired) electrons. The molecule has 1 aliphatic rings. The van der Waals surface area contributed by atoms with Crippen molar-refractivity contribution in [1.82, 2.24) is 14.9 Å². The van der Waals surface area contributed by atoms with Gasteiger partial charge >= 0.3 is 0 Å². The zero-order valence-corrected chi connectivity index (χ0v) is 13.7. The molecule has 1 heterocycles. The fraction of sp³-hybridized carbons (Fsp3) is 0.714. The lowest BCUT2D eigenvalue weighted by Gasteiger charge is -2.23. The highest BCUT2D eigenvalue weighted by Gasteiger charge is 2.27. The van der Waals surface area contributed by atoms with Crippen molar-refractivity contribution in [3.63, 3.8) is 0 Å². The van der Waals surface area contributed by atoms with Gasteiger partial charge in [-0.1, -0.05) is 0 Å². The Morgan fingerprint density at radius 3 is 2.58 bits per heavy atom. The normalized spacial score (nSPS) is 15.0. The second-order valence-electron chi connectivity index (χ2n) is 5.42. The molecule has 0 spiro atoms. The highest BCUT2D eigenvalue weighted by molar-refractivity contribution is 9.10. The third-order valence-corrected chi connectivity index (χ3v) is 3.79. The minimum absolute atomic E-state index is 0.594. The number of hydrogen-bond acceptors (Lipinski definition) is 4. The lowest BCUT2D eigenvalue weighted by molar-refractivity contribution is 0.400. The number of nitrogens with zero attached hydrogens (tertiary/aromatic N) is 4. The summed E-state index contributed by atoms with van der Waals surface area (Å²) in [6.45, 7) is 5.32. The van der Waals surface area contributed by atoms with Crippen LogP contribution in [-0.4, -0.2) is 48.6 Å². The quantitative estimate of drug-likeness (QED) is 0.721. The minimum atomic E-state index is 0.594. The number of hydrogen-bond donors (Lipinski definition) is 0. The Balaban J connectivity index is 2.04. The number of aromatic nitrogens is 2. The van der Waals surface area contributed by atoms with Gasteiger partial charge in [0, 0.05) is 25.1 Å². The summed E-state index contributed by atoms with van der Waals surface area (Å²) >= 11 is 3.51. The first-order chi connectivity index (χ1) is 9.10. The first-order valence-corrected chi connectivity index (χ1v) is 7.83. The molecule has 1 aromatic rings. The van der Waals surface area contributed by atoms with Gasteiger partial charge in [0.1, 0.15) is 16.2 Å². The van der Waals surface area contributed by atoms with Crippen molar-refractivity contribution in [3.8, 4) is 0 Å². The molecule has 0 unspecified atom stereocenters. The van der Waals surface area contributed by atoms with Gasteiger partial charge in [0.25, 0.3) is 0 Å². The number of halogens is 1. The standard InChI is InChI=1S/C14H23BrN4/c1-4-19(9-5-8-18(2)3)13-10-12(15)16-14(17-13)11-6-7-11/h10-11H,4-9H2,1-3H3. The van der Waals surface area contributed by atoms with Gasteiger partial charge in [-0.15, -0.1) is 0 Å². The van der Waals surface area contributed by atoms with Gasteiger partial charge in [0.05, 0.1) is 0 Å². The molecule has 1 aliphatic carbocycles. The van der Waals surface area contributed by atoms with Crippen LogP contribution in [0.1, 0.15) is 37.9 Å². The maximum Gasteiger partial charge on any atom is 0.135 e. The molecule has 106 valence electrons. The average Bonchev–Trinajstić information content (AvgIpc) is 3.17. The first-order valence-electron chi connectivity index (χ1n) is 7.04. The smallest absolute Gasteiger partial charge is 0.135 e. The van der Waals surface area contributed by atoms with Crippen LogP contribution in [-0.2, 0) is 0 Å². The molecule has 2 rings (SSSR count). The van der Waals surface area contributed by atoms with Gasteiger partial charge in [-0.05, 0) is 62.8 Å². The van der Waals surface area contributed by atoms with Crippen LogP contribution in [0.4, 0.5) is 5.82 Å². The lowest BCUT2D eigenvalue weighted by atomic mass is 10.3. The summed E-state index contributed by atoms with van der Waals surface area (Å²) < 4.78 is 0.908. The van der Waals surface area contributed by atoms with Crippen LogP contribution in [0.5, 0.6) is 0 Å². The second-order valence-corrected chi connectivity index (χ2v) is 6.23. The Morgan fingerprint density at radius 2 is 2.00 bits per heavy atom. The molecule has 1 saturated carbocycles. The van der Waals surface area contributed by atoms with E-state index in [0.29, 0.717) is 5.92 Å². The Hall–Kier alpha value is -0.680. The molecular formula is C14H23BrN4. The van der Waals surface area contributed by atoms with E-state index in [0.717, 1.165) is 42.3 Å². The summed E-state index contributed by atoms with van der Waals surface area (Å²) in [6.07, 6.45) is 3.63. The van der Waals surface area contributed by atoms with Crippen LogP contribution in [0.3, 0.4) is 0 Å². The van der Waals surface area contributed by atoms with Crippen molar-refractivity contribution < 1.29 is 0 Å². The lowest BCUT2D eigenvalue weighted by Crippen LogP contribution is -2.28. The summed E-state index contributed by atoms with van der Waals surface area (Å²) in [5.74, 6) is 2.66. The molecular weight excluding hydrogens is 304 g/mol. The van der Waals surface area contributed by atoms with Gasteiger partial charge in [-0.3, -0.25) is 0 Å². The van der Waals surface area contributed by atoms with E-state index >= 15 is 0 Å².